The van der Waals surface area contributed by atoms with Crippen LogP contribution in [0.25, 0.3) is 10.9 Å². The second kappa shape index (κ2) is 10.4. The minimum atomic E-state index is -1.25. The molecule has 0 amide bonds. The fraction of sp³-hybridized carbons (Fsp3) is 0.0833. The third-order valence-electron chi connectivity index (χ3n) is 4.97. The Balaban J connectivity index is 1.54. The highest BCUT2D eigenvalue weighted by Gasteiger charge is 2.22. The molecule has 0 fully saturated rings. The van der Waals surface area contributed by atoms with Crippen LogP contribution in [0.2, 0.25) is 15.1 Å². The molecule has 0 aliphatic heterocycles. The van der Waals surface area contributed by atoms with E-state index >= 15 is 0 Å². The van der Waals surface area contributed by atoms with Crippen LogP contribution in [-0.2, 0) is 11.2 Å². The van der Waals surface area contributed by atoms with Crippen molar-refractivity contribution < 1.29 is 24.5 Å². The van der Waals surface area contributed by atoms with E-state index in [0.29, 0.717) is 32.3 Å². The van der Waals surface area contributed by atoms with Crippen LogP contribution in [0, 0.1) is 0 Å². The number of aromatic carboxylic acids is 1. The van der Waals surface area contributed by atoms with Crippen LogP contribution in [0.15, 0.2) is 60.8 Å². The van der Waals surface area contributed by atoms with Crippen molar-refractivity contribution in [3.05, 3.63) is 87.0 Å². The van der Waals surface area contributed by atoms with Gasteiger partial charge < -0.3 is 20.3 Å². The van der Waals surface area contributed by atoms with Crippen LogP contribution in [0.1, 0.15) is 15.9 Å². The van der Waals surface area contributed by atoms with E-state index < -0.39 is 18.0 Å². The van der Waals surface area contributed by atoms with E-state index in [2.05, 4.69) is 15.3 Å². The lowest BCUT2D eigenvalue weighted by Crippen LogP contribution is -2.32. The Kier molecular flexibility index (Phi) is 7.25. The van der Waals surface area contributed by atoms with Gasteiger partial charge in [-0.05, 0) is 48.0 Å². The Morgan fingerprint density at radius 2 is 1.71 bits per heavy atom. The zero-order valence-electron chi connectivity index (χ0n) is 17.7. The average molecular weight is 533 g/mol. The van der Waals surface area contributed by atoms with Crippen LogP contribution < -0.4 is 10.1 Å². The van der Waals surface area contributed by atoms with Crippen molar-refractivity contribution in [2.24, 2.45) is 0 Å². The van der Waals surface area contributed by atoms with Gasteiger partial charge in [-0.3, -0.25) is 0 Å². The van der Waals surface area contributed by atoms with Crippen molar-refractivity contribution in [2.45, 2.75) is 12.5 Å². The summed E-state index contributed by atoms with van der Waals surface area (Å²) in [7, 11) is 0. The molecule has 0 saturated heterocycles. The number of nitrogens with one attached hydrogen (secondary N) is 1. The topological polar surface area (TPSA) is 122 Å². The Morgan fingerprint density at radius 3 is 2.37 bits per heavy atom. The van der Waals surface area contributed by atoms with Crippen molar-refractivity contribution >= 4 is 63.5 Å². The molecule has 8 nitrogen and oxygen atoms in total. The third kappa shape index (κ3) is 5.92. The molecule has 2 heterocycles. The molecule has 11 heteroatoms. The SMILES string of the molecule is O=C(O)c1cc2cc(Cl)ccc2nc1N[C@@H](Cc1ccc(Oc2ncc(Cl)cc2Cl)cc1)C(=O)O. The molecule has 178 valence electrons. The van der Waals surface area contributed by atoms with E-state index in [9.17, 15) is 19.8 Å². The molecule has 4 aromatic rings. The first-order valence-electron chi connectivity index (χ1n) is 10.1. The van der Waals surface area contributed by atoms with Crippen LogP contribution in [-0.4, -0.2) is 38.2 Å². The molecule has 35 heavy (non-hydrogen) atoms. The fourth-order valence-corrected chi connectivity index (χ4v) is 3.90. The van der Waals surface area contributed by atoms with E-state index in [4.69, 9.17) is 39.5 Å². The van der Waals surface area contributed by atoms with Gasteiger partial charge in [-0.25, -0.2) is 19.6 Å². The first kappa shape index (κ1) is 24.5. The molecule has 1 atom stereocenters. The quantitative estimate of drug-likeness (QED) is 0.246. The minimum Gasteiger partial charge on any atom is -0.480 e. The predicted molar refractivity (Wildman–Crippen MR) is 133 cm³/mol. The van der Waals surface area contributed by atoms with Crippen LogP contribution >= 0.6 is 34.8 Å². The normalized spacial score (nSPS) is 11.7. The third-order valence-corrected chi connectivity index (χ3v) is 5.68. The van der Waals surface area contributed by atoms with Gasteiger partial charge in [0.15, 0.2) is 0 Å². The Hall–Kier alpha value is -3.59. The van der Waals surface area contributed by atoms with E-state index in [0.717, 1.165) is 0 Å². The molecule has 0 radical (unpaired) electrons. The van der Waals surface area contributed by atoms with E-state index in [-0.39, 0.29) is 28.7 Å². The molecule has 0 saturated carbocycles. The number of pyridine rings is 2. The number of aliphatic carboxylic acids is 1. The summed E-state index contributed by atoms with van der Waals surface area (Å²) in [5.41, 5.74) is 0.973. The molecule has 2 aromatic heterocycles. The van der Waals surface area contributed by atoms with Gasteiger partial charge in [0.05, 0.1) is 10.5 Å². The van der Waals surface area contributed by atoms with Gasteiger partial charge in [-0.15, -0.1) is 0 Å². The largest absolute Gasteiger partial charge is 0.480 e. The first-order chi connectivity index (χ1) is 16.7. The van der Waals surface area contributed by atoms with Crippen molar-refractivity contribution in [2.75, 3.05) is 5.32 Å². The highest BCUT2D eigenvalue weighted by Crippen LogP contribution is 2.29. The zero-order chi connectivity index (χ0) is 25.1. The van der Waals surface area contributed by atoms with Gasteiger partial charge in [0.2, 0.25) is 5.88 Å². The Bertz CT molecular complexity index is 1430. The number of rotatable bonds is 8. The number of nitrogens with zero attached hydrogens (tertiary/aromatic N) is 2. The number of ether oxygens (including phenoxy) is 1. The molecule has 2 aromatic carbocycles. The van der Waals surface area contributed by atoms with Crippen molar-refractivity contribution in [1.29, 1.82) is 0 Å². The molecule has 4 rings (SSSR count). The lowest BCUT2D eigenvalue weighted by Gasteiger charge is -2.17. The summed E-state index contributed by atoms with van der Waals surface area (Å²) in [5.74, 6) is -1.85. The van der Waals surface area contributed by atoms with E-state index in [1.54, 1.807) is 42.5 Å². The average Bonchev–Trinajstić information content (AvgIpc) is 2.81. The maximum Gasteiger partial charge on any atom is 0.339 e. The van der Waals surface area contributed by atoms with Gasteiger partial charge in [0.1, 0.15) is 28.2 Å². The molecule has 0 unspecified atom stereocenters. The number of carboxylic acids is 2. The van der Waals surface area contributed by atoms with Gasteiger partial charge in [0, 0.05) is 23.0 Å². The van der Waals surface area contributed by atoms with Crippen LogP contribution in [0.4, 0.5) is 5.82 Å². The number of halogens is 3. The van der Waals surface area contributed by atoms with E-state index in [1.807, 2.05) is 0 Å². The zero-order valence-corrected chi connectivity index (χ0v) is 20.0. The molecule has 0 spiro atoms. The summed E-state index contributed by atoms with van der Waals surface area (Å²) >= 11 is 17.9. The standard InChI is InChI=1S/C24H16Cl3N3O5/c25-14-3-6-19-13(8-14)9-17(23(31)32)21(29-19)30-20(24(33)34)7-12-1-4-16(5-2-12)35-22-18(27)10-15(26)11-28-22/h1-6,8-11,20H,7H2,(H,29,30)(H,31,32)(H,33,34)/t20-/m0/s1. The summed E-state index contributed by atoms with van der Waals surface area (Å²) < 4.78 is 5.64. The number of benzene rings is 2. The number of aromatic nitrogens is 2. The molecule has 0 aliphatic rings. The number of fused-ring (bicyclic) bond motifs is 1. The lowest BCUT2D eigenvalue weighted by molar-refractivity contribution is -0.137. The number of carbonyl (C=O) groups is 2. The van der Waals surface area contributed by atoms with Gasteiger partial charge >= 0.3 is 11.9 Å². The van der Waals surface area contributed by atoms with Crippen molar-refractivity contribution in [1.82, 2.24) is 9.97 Å². The summed E-state index contributed by atoms with van der Waals surface area (Å²) in [6, 6.07) is 13.2. The summed E-state index contributed by atoms with van der Waals surface area (Å²) in [5, 5.41) is 23.7. The highest BCUT2D eigenvalue weighted by atomic mass is 35.5. The molecule has 0 aliphatic carbocycles. The van der Waals surface area contributed by atoms with E-state index in [1.165, 1.54) is 18.3 Å². The molecule has 3 N–H and O–H groups in total. The lowest BCUT2D eigenvalue weighted by atomic mass is 10.0. The van der Waals surface area contributed by atoms with Crippen LogP contribution in [0.5, 0.6) is 11.6 Å². The Labute approximate surface area is 214 Å². The van der Waals surface area contributed by atoms with Gasteiger partial charge in [-0.2, -0.15) is 0 Å². The number of hydrogen-bond donors (Lipinski definition) is 3. The molecular formula is C24H16Cl3N3O5. The van der Waals surface area contributed by atoms with Crippen molar-refractivity contribution in [3.63, 3.8) is 0 Å². The Morgan fingerprint density at radius 1 is 0.971 bits per heavy atom. The number of carboxylic acid groups (broad SMARTS) is 2. The first-order valence-corrected chi connectivity index (χ1v) is 11.2. The van der Waals surface area contributed by atoms with Crippen molar-refractivity contribution in [3.8, 4) is 11.6 Å². The summed E-state index contributed by atoms with van der Waals surface area (Å²) in [6.07, 6.45) is 1.45. The molecular weight excluding hydrogens is 517 g/mol. The minimum absolute atomic E-state index is 0.0506. The fourth-order valence-electron chi connectivity index (χ4n) is 3.30. The smallest absolute Gasteiger partial charge is 0.339 e. The number of anilines is 1. The summed E-state index contributed by atoms with van der Waals surface area (Å²) in [6.45, 7) is 0. The second-order valence-electron chi connectivity index (χ2n) is 7.45. The summed E-state index contributed by atoms with van der Waals surface area (Å²) in [4.78, 5) is 32.1. The highest BCUT2D eigenvalue weighted by molar-refractivity contribution is 6.35. The van der Waals surface area contributed by atoms with Gasteiger partial charge in [0.25, 0.3) is 0 Å². The predicted octanol–water partition coefficient (Wildman–Crippen LogP) is 6.19. The van der Waals surface area contributed by atoms with Crippen LogP contribution in [0.3, 0.4) is 0 Å². The van der Waals surface area contributed by atoms with Gasteiger partial charge in [-0.1, -0.05) is 46.9 Å². The second-order valence-corrected chi connectivity index (χ2v) is 8.73. The molecule has 0 bridgehead atoms. The monoisotopic (exact) mass is 531 g/mol. The maximum atomic E-state index is 12.0. The maximum absolute atomic E-state index is 12.0. The number of hydrogen-bond acceptors (Lipinski definition) is 6.